The molecule has 3 aromatic rings. The van der Waals surface area contributed by atoms with Gasteiger partial charge in [0.15, 0.2) is 19.7 Å². The third kappa shape index (κ3) is 4.03. The molecule has 8 heteroatoms. The number of sulfone groups is 2. The highest BCUT2D eigenvalue weighted by molar-refractivity contribution is 7.96. The maximum Gasteiger partial charge on any atom is 0.186 e. The van der Waals surface area contributed by atoms with Gasteiger partial charge in [0.05, 0.1) is 15.5 Å². The predicted molar refractivity (Wildman–Crippen MR) is 117 cm³/mol. The first-order valence-corrected chi connectivity index (χ1v) is 13.0. The summed E-state index contributed by atoms with van der Waals surface area (Å²) in [6, 6.07) is 20.3. The summed E-state index contributed by atoms with van der Waals surface area (Å²) < 4.78 is 52.0. The van der Waals surface area contributed by atoms with E-state index in [2.05, 4.69) is 5.32 Å². The van der Waals surface area contributed by atoms with Gasteiger partial charge in [-0.25, -0.2) is 16.8 Å². The van der Waals surface area contributed by atoms with Gasteiger partial charge in [-0.2, -0.15) is 0 Å². The Labute approximate surface area is 181 Å². The number of rotatable bonds is 6. The Morgan fingerprint density at radius 1 is 0.900 bits per heavy atom. The van der Waals surface area contributed by atoms with Gasteiger partial charge in [0.2, 0.25) is 0 Å². The normalized spacial score (nSPS) is 17.6. The van der Waals surface area contributed by atoms with Crippen LogP contribution >= 0.6 is 11.6 Å². The highest BCUT2D eigenvalue weighted by Crippen LogP contribution is 2.42. The lowest BCUT2D eigenvalue weighted by Crippen LogP contribution is -2.19. The lowest BCUT2D eigenvalue weighted by molar-refractivity contribution is 0.581. The van der Waals surface area contributed by atoms with Crippen LogP contribution in [-0.2, 0) is 32.8 Å². The van der Waals surface area contributed by atoms with Gasteiger partial charge in [0, 0.05) is 18.1 Å². The molecular weight excluding hydrogens is 442 g/mol. The summed E-state index contributed by atoms with van der Waals surface area (Å²) in [6.45, 7) is 0.895. The molecule has 0 aliphatic carbocycles. The van der Waals surface area contributed by atoms with E-state index in [1.807, 2.05) is 12.1 Å². The van der Waals surface area contributed by atoms with Crippen LogP contribution in [0.15, 0.2) is 82.6 Å². The Kier molecular flexibility index (Phi) is 5.72. The Balaban J connectivity index is 1.67. The zero-order valence-electron chi connectivity index (χ0n) is 16.0. The van der Waals surface area contributed by atoms with Crippen molar-refractivity contribution in [3.05, 3.63) is 94.5 Å². The number of hydrogen-bond donors (Lipinski definition) is 1. The molecule has 0 saturated heterocycles. The van der Waals surface area contributed by atoms with E-state index in [1.165, 1.54) is 18.2 Å². The minimum absolute atomic E-state index is 0.109. The largest absolute Gasteiger partial charge is 0.309 e. The zero-order valence-corrected chi connectivity index (χ0v) is 18.3. The van der Waals surface area contributed by atoms with Crippen molar-refractivity contribution in [3.63, 3.8) is 0 Å². The minimum atomic E-state index is -3.85. The van der Waals surface area contributed by atoms with Crippen molar-refractivity contribution < 1.29 is 16.8 Å². The maximum atomic E-state index is 13.3. The third-order valence-corrected chi connectivity index (χ3v) is 9.53. The van der Waals surface area contributed by atoms with Gasteiger partial charge in [-0.3, -0.25) is 0 Å². The van der Waals surface area contributed by atoms with Crippen LogP contribution < -0.4 is 5.32 Å². The van der Waals surface area contributed by atoms with E-state index in [0.29, 0.717) is 29.2 Å². The lowest BCUT2D eigenvalue weighted by Gasteiger charge is -2.16. The zero-order chi connectivity index (χ0) is 21.4. The summed E-state index contributed by atoms with van der Waals surface area (Å²) >= 11 is 5.91. The van der Waals surface area contributed by atoms with Crippen LogP contribution in [-0.4, -0.2) is 22.6 Å². The van der Waals surface area contributed by atoms with Crippen molar-refractivity contribution in [3.8, 4) is 0 Å². The third-order valence-electron chi connectivity index (χ3n) is 5.19. The fourth-order valence-corrected chi connectivity index (χ4v) is 8.26. The first-order chi connectivity index (χ1) is 14.3. The van der Waals surface area contributed by atoms with E-state index in [0.717, 1.165) is 5.56 Å². The van der Waals surface area contributed by atoms with Crippen molar-refractivity contribution in [1.29, 1.82) is 0 Å². The summed E-state index contributed by atoms with van der Waals surface area (Å²) in [5.41, 5.74) is 2.07. The molecular formula is C22H20ClNO4S2. The second kappa shape index (κ2) is 8.15. The molecule has 0 fully saturated rings. The summed E-state index contributed by atoms with van der Waals surface area (Å²) in [5, 5.41) is 2.81. The topological polar surface area (TPSA) is 80.3 Å². The van der Waals surface area contributed by atoms with E-state index < -0.39 is 30.7 Å². The van der Waals surface area contributed by atoms with Crippen molar-refractivity contribution in [2.24, 2.45) is 0 Å². The Morgan fingerprint density at radius 3 is 2.30 bits per heavy atom. The fraction of sp³-hybridized carbons (Fsp3) is 0.182. The first kappa shape index (κ1) is 21.1. The molecule has 1 aliphatic heterocycles. The summed E-state index contributed by atoms with van der Waals surface area (Å²) in [7, 11) is -7.52. The van der Waals surface area contributed by atoms with Crippen LogP contribution in [0.5, 0.6) is 0 Å². The van der Waals surface area contributed by atoms with Crippen molar-refractivity contribution in [2.45, 2.75) is 28.1 Å². The van der Waals surface area contributed by atoms with Crippen LogP contribution in [0.1, 0.15) is 21.9 Å². The molecule has 0 aromatic heterocycles. The van der Waals surface area contributed by atoms with Crippen LogP contribution in [0, 0.1) is 0 Å². The Bertz CT molecular complexity index is 1270. The molecule has 3 aromatic carbocycles. The second-order valence-corrected chi connectivity index (χ2v) is 11.8. The molecule has 1 atom stereocenters. The molecule has 0 bridgehead atoms. The van der Waals surface area contributed by atoms with Crippen molar-refractivity contribution in [2.75, 3.05) is 5.75 Å². The number of nitrogens with one attached hydrogen (secondary N) is 1. The number of halogens is 1. The van der Waals surface area contributed by atoms with Crippen LogP contribution in [0.3, 0.4) is 0 Å². The minimum Gasteiger partial charge on any atom is -0.309 e. The summed E-state index contributed by atoms with van der Waals surface area (Å²) in [4.78, 5) is 0.236. The van der Waals surface area contributed by atoms with E-state index in [1.54, 1.807) is 42.5 Å². The highest BCUT2D eigenvalue weighted by Gasteiger charge is 2.44. The Hall–Kier alpha value is -2.19. The van der Waals surface area contributed by atoms with Gasteiger partial charge in [-0.1, -0.05) is 54.1 Å². The molecule has 1 aliphatic rings. The molecule has 30 heavy (non-hydrogen) atoms. The molecule has 1 unspecified atom stereocenters. The standard InChI is InChI=1S/C22H20ClNO4S2/c23-18-11-9-16(10-12-18)13-24-14-17-5-4-8-20-22(17)21(15-29(20,25)26)30(27,28)19-6-2-1-3-7-19/h1-12,21,24H,13-15H2. The molecule has 5 nitrogen and oxygen atoms in total. The molecule has 0 radical (unpaired) electrons. The van der Waals surface area contributed by atoms with E-state index in [-0.39, 0.29) is 9.79 Å². The van der Waals surface area contributed by atoms with Gasteiger partial charge >= 0.3 is 0 Å². The van der Waals surface area contributed by atoms with E-state index >= 15 is 0 Å². The average molecular weight is 462 g/mol. The van der Waals surface area contributed by atoms with Crippen molar-refractivity contribution in [1.82, 2.24) is 5.32 Å². The fourth-order valence-electron chi connectivity index (χ4n) is 3.72. The highest BCUT2D eigenvalue weighted by atomic mass is 35.5. The molecule has 4 rings (SSSR count). The molecule has 0 amide bonds. The number of fused-ring (bicyclic) bond motifs is 1. The van der Waals surface area contributed by atoms with Gasteiger partial charge in [-0.05, 0) is 47.0 Å². The SMILES string of the molecule is O=S1(=O)CC(S(=O)(=O)c2ccccc2)c2c(CNCc3ccc(Cl)cc3)cccc21. The van der Waals surface area contributed by atoms with Gasteiger partial charge in [0.25, 0.3) is 0 Å². The quantitative estimate of drug-likeness (QED) is 0.601. The van der Waals surface area contributed by atoms with E-state index in [4.69, 9.17) is 11.6 Å². The Morgan fingerprint density at radius 2 is 1.60 bits per heavy atom. The van der Waals surface area contributed by atoms with Crippen LogP contribution in [0.4, 0.5) is 0 Å². The van der Waals surface area contributed by atoms with Gasteiger partial charge in [-0.15, -0.1) is 0 Å². The van der Waals surface area contributed by atoms with Gasteiger partial charge < -0.3 is 5.32 Å². The second-order valence-electron chi connectivity index (χ2n) is 7.19. The molecule has 0 spiro atoms. The van der Waals surface area contributed by atoms with Crippen LogP contribution in [0.25, 0.3) is 0 Å². The number of hydrogen-bond acceptors (Lipinski definition) is 5. The molecule has 0 saturated carbocycles. The summed E-state index contributed by atoms with van der Waals surface area (Å²) in [6.07, 6.45) is 0. The maximum absolute atomic E-state index is 13.3. The monoisotopic (exact) mass is 461 g/mol. The smallest absolute Gasteiger partial charge is 0.186 e. The van der Waals surface area contributed by atoms with Crippen molar-refractivity contribution >= 4 is 31.3 Å². The average Bonchev–Trinajstić information content (AvgIpc) is 3.03. The molecule has 1 heterocycles. The number of benzene rings is 3. The van der Waals surface area contributed by atoms with Gasteiger partial charge in [0.1, 0.15) is 5.25 Å². The molecule has 1 N–H and O–H groups in total. The first-order valence-electron chi connectivity index (χ1n) is 9.38. The van der Waals surface area contributed by atoms with Crippen LogP contribution in [0.2, 0.25) is 5.02 Å². The lowest BCUT2D eigenvalue weighted by atomic mass is 10.0. The molecule has 156 valence electrons. The van der Waals surface area contributed by atoms with E-state index in [9.17, 15) is 16.8 Å². The predicted octanol–water partition coefficient (Wildman–Crippen LogP) is 3.93. The summed E-state index contributed by atoms with van der Waals surface area (Å²) in [5.74, 6) is -0.437.